The van der Waals surface area contributed by atoms with Crippen molar-refractivity contribution in [3.05, 3.63) is 42.2 Å². The number of para-hydroxylation sites is 1. The summed E-state index contributed by atoms with van der Waals surface area (Å²) in [6.07, 6.45) is 2.44. The van der Waals surface area contributed by atoms with Crippen molar-refractivity contribution in [2.45, 2.75) is 32.9 Å². The molecule has 1 fully saturated rings. The Labute approximate surface area is 168 Å². The Balaban J connectivity index is 1.68. The van der Waals surface area contributed by atoms with Gasteiger partial charge in [-0.25, -0.2) is 18.1 Å². The number of rotatable bonds is 4. The Hall–Kier alpha value is -2.94. The summed E-state index contributed by atoms with van der Waals surface area (Å²) in [7, 11) is -3.05. The van der Waals surface area contributed by atoms with Crippen molar-refractivity contribution in [3.8, 4) is 22.9 Å². The van der Waals surface area contributed by atoms with Crippen LogP contribution in [0.15, 0.2) is 36.5 Å². The molecule has 5 rings (SSSR count). The predicted octanol–water partition coefficient (Wildman–Crippen LogP) is 2.98. The van der Waals surface area contributed by atoms with Gasteiger partial charge in [-0.1, -0.05) is 18.2 Å². The van der Waals surface area contributed by atoms with Crippen molar-refractivity contribution >= 4 is 20.7 Å². The highest BCUT2D eigenvalue weighted by Gasteiger charge is 2.33. The molecule has 1 atom stereocenters. The zero-order valence-electron chi connectivity index (χ0n) is 16.3. The number of aryl methyl sites for hydroxylation is 2. The Morgan fingerprint density at radius 3 is 2.79 bits per heavy atom. The maximum Gasteiger partial charge on any atom is 0.183 e. The van der Waals surface area contributed by atoms with E-state index in [1.807, 2.05) is 55.1 Å². The van der Waals surface area contributed by atoms with Crippen LogP contribution in [0.5, 0.6) is 0 Å². The molecule has 1 aliphatic rings. The second-order valence-electron chi connectivity index (χ2n) is 7.50. The Bertz CT molecular complexity index is 1310. The average Bonchev–Trinajstić information content (AvgIpc) is 3.45. The third-order valence-electron chi connectivity index (χ3n) is 5.53. The van der Waals surface area contributed by atoms with Gasteiger partial charge in [-0.2, -0.15) is 5.10 Å². The first kappa shape index (κ1) is 18.1. The van der Waals surface area contributed by atoms with E-state index in [0.29, 0.717) is 23.8 Å². The highest BCUT2D eigenvalue weighted by molar-refractivity contribution is 7.91. The van der Waals surface area contributed by atoms with E-state index in [1.165, 1.54) is 0 Å². The van der Waals surface area contributed by atoms with Gasteiger partial charge in [-0.05, 0) is 32.4 Å². The van der Waals surface area contributed by atoms with Crippen molar-refractivity contribution in [1.82, 2.24) is 29.5 Å². The normalized spacial score (nSPS) is 18.6. The minimum atomic E-state index is -3.05. The predicted molar refractivity (Wildman–Crippen MR) is 111 cm³/mol. The van der Waals surface area contributed by atoms with Crippen LogP contribution in [0.1, 0.15) is 25.1 Å². The van der Waals surface area contributed by atoms with E-state index in [1.54, 1.807) is 4.68 Å². The molecule has 1 aliphatic heterocycles. The van der Waals surface area contributed by atoms with Gasteiger partial charge < -0.3 is 4.98 Å². The second-order valence-corrected chi connectivity index (χ2v) is 9.72. The molecule has 4 heterocycles. The van der Waals surface area contributed by atoms with Gasteiger partial charge in [0, 0.05) is 34.9 Å². The maximum atomic E-state index is 12.1. The fraction of sp³-hybridized carbons (Fsp3) is 0.350. The molecule has 0 bridgehead atoms. The largest absolute Gasteiger partial charge is 0.360 e. The van der Waals surface area contributed by atoms with Gasteiger partial charge in [-0.3, -0.25) is 4.68 Å². The van der Waals surface area contributed by atoms with Gasteiger partial charge in [0.05, 0.1) is 17.5 Å². The van der Waals surface area contributed by atoms with Gasteiger partial charge in [0.15, 0.2) is 21.5 Å². The summed E-state index contributed by atoms with van der Waals surface area (Å²) in [6, 6.07) is 9.74. The lowest BCUT2D eigenvalue weighted by Crippen LogP contribution is -2.14. The Morgan fingerprint density at radius 2 is 2.07 bits per heavy atom. The molecule has 3 aromatic heterocycles. The fourth-order valence-corrected chi connectivity index (χ4v) is 5.72. The SMILES string of the molecule is CCn1nc(-c2nc(-c3c[nH]c4ccccc34)nn2C2CCS(=O)(=O)C2)cc1C. The molecule has 29 heavy (non-hydrogen) atoms. The molecule has 1 saturated heterocycles. The Morgan fingerprint density at radius 1 is 1.24 bits per heavy atom. The molecule has 0 spiro atoms. The summed E-state index contributed by atoms with van der Waals surface area (Å²) >= 11 is 0. The quantitative estimate of drug-likeness (QED) is 0.558. The number of hydrogen-bond acceptors (Lipinski definition) is 5. The molecule has 8 nitrogen and oxygen atoms in total. The van der Waals surface area contributed by atoms with Crippen LogP contribution in [-0.2, 0) is 16.4 Å². The highest BCUT2D eigenvalue weighted by Crippen LogP contribution is 2.32. The molecule has 150 valence electrons. The molecule has 9 heteroatoms. The molecule has 4 aromatic rings. The van der Waals surface area contributed by atoms with Crippen LogP contribution >= 0.6 is 0 Å². The summed E-state index contributed by atoms with van der Waals surface area (Å²) in [5.74, 6) is 1.46. The monoisotopic (exact) mass is 410 g/mol. The number of H-pyrrole nitrogens is 1. The smallest absolute Gasteiger partial charge is 0.183 e. The number of aromatic nitrogens is 6. The van der Waals surface area contributed by atoms with Crippen molar-refractivity contribution in [2.24, 2.45) is 0 Å². The summed E-state index contributed by atoms with van der Waals surface area (Å²) in [6.45, 7) is 4.80. The lowest BCUT2D eigenvalue weighted by atomic mass is 10.2. The first-order chi connectivity index (χ1) is 13.9. The van der Waals surface area contributed by atoms with Gasteiger partial charge in [0.1, 0.15) is 5.69 Å². The van der Waals surface area contributed by atoms with Crippen molar-refractivity contribution in [3.63, 3.8) is 0 Å². The number of nitrogens with zero attached hydrogens (tertiary/aromatic N) is 5. The summed E-state index contributed by atoms with van der Waals surface area (Å²) in [4.78, 5) is 8.07. The average molecular weight is 411 g/mol. The number of sulfone groups is 1. The summed E-state index contributed by atoms with van der Waals surface area (Å²) in [5, 5.41) is 10.5. The number of fused-ring (bicyclic) bond motifs is 1. The van der Waals surface area contributed by atoms with E-state index in [0.717, 1.165) is 28.7 Å². The lowest BCUT2D eigenvalue weighted by molar-refractivity contribution is 0.503. The molecule has 1 N–H and O–H groups in total. The van der Waals surface area contributed by atoms with Crippen molar-refractivity contribution in [1.29, 1.82) is 0 Å². The first-order valence-corrected chi connectivity index (χ1v) is 11.6. The summed E-state index contributed by atoms with van der Waals surface area (Å²) in [5.41, 5.74) is 3.65. The highest BCUT2D eigenvalue weighted by atomic mass is 32.2. The van der Waals surface area contributed by atoms with E-state index in [9.17, 15) is 8.42 Å². The van der Waals surface area contributed by atoms with Gasteiger partial charge >= 0.3 is 0 Å². The topological polar surface area (TPSA) is 98.5 Å². The number of hydrogen-bond donors (Lipinski definition) is 1. The minimum absolute atomic E-state index is 0.0875. The number of aromatic amines is 1. The molecule has 0 radical (unpaired) electrons. The first-order valence-electron chi connectivity index (χ1n) is 9.73. The van der Waals surface area contributed by atoms with Crippen molar-refractivity contribution in [2.75, 3.05) is 11.5 Å². The fourth-order valence-electron chi connectivity index (χ4n) is 4.03. The zero-order valence-corrected chi connectivity index (χ0v) is 17.1. The molecule has 1 unspecified atom stereocenters. The molecule has 0 aliphatic carbocycles. The molecule has 0 saturated carbocycles. The standard InChI is InChI=1S/C20H22N6O2S/c1-3-25-13(2)10-18(23-25)20-22-19(16-11-21-17-7-5-4-6-15(16)17)24-26(20)14-8-9-29(27,28)12-14/h4-7,10-11,14,21H,3,8-9,12H2,1-2H3. The van der Waals surface area contributed by atoms with Crippen LogP contribution in [0.25, 0.3) is 33.8 Å². The van der Waals surface area contributed by atoms with Crippen LogP contribution < -0.4 is 0 Å². The van der Waals surface area contributed by atoms with E-state index in [-0.39, 0.29) is 17.5 Å². The van der Waals surface area contributed by atoms with Crippen molar-refractivity contribution < 1.29 is 8.42 Å². The van der Waals surface area contributed by atoms with Gasteiger partial charge in [-0.15, -0.1) is 5.10 Å². The van der Waals surface area contributed by atoms with Crippen LogP contribution in [0.4, 0.5) is 0 Å². The molecule has 0 amide bonds. The van der Waals surface area contributed by atoms with Crippen LogP contribution in [0.3, 0.4) is 0 Å². The van der Waals surface area contributed by atoms with Crippen LogP contribution in [0.2, 0.25) is 0 Å². The molecular weight excluding hydrogens is 388 g/mol. The van der Waals surface area contributed by atoms with E-state index in [4.69, 9.17) is 10.1 Å². The van der Waals surface area contributed by atoms with E-state index < -0.39 is 9.84 Å². The number of nitrogens with one attached hydrogen (secondary N) is 1. The lowest BCUT2D eigenvalue weighted by Gasteiger charge is -2.10. The van der Waals surface area contributed by atoms with Crippen LogP contribution in [-0.4, -0.2) is 49.5 Å². The minimum Gasteiger partial charge on any atom is -0.360 e. The van der Waals surface area contributed by atoms with Crippen LogP contribution in [0, 0.1) is 6.92 Å². The third kappa shape index (κ3) is 3.05. The maximum absolute atomic E-state index is 12.1. The Kier molecular flexibility index (Phi) is 4.09. The zero-order chi connectivity index (χ0) is 20.2. The number of benzene rings is 1. The van der Waals surface area contributed by atoms with E-state index >= 15 is 0 Å². The van der Waals surface area contributed by atoms with Gasteiger partial charge in [0.25, 0.3) is 0 Å². The van der Waals surface area contributed by atoms with E-state index in [2.05, 4.69) is 10.1 Å². The molecular formula is C20H22N6O2S. The third-order valence-corrected chi connectivity index (χ3v) is 7.28. The van der Waals surface area contributed by atoms with Gasteiger partial charge in [0.2, 0.25) is 0 Å². The second kappa shape index (κ2) is 6.55. The molecule has 1 aromatic carbocycles. The summed E-state index contributed by atoms with van der Waals surface area (Å²) < 4.78 is 27.9.